The van der Waals surface area contributed by atoms with E-state index in [9.17, 15) is 9.59 Å². The van der Waals surface area contributed by atoms with Gasteiger partial charge in [0.05, 0.1) is 0 Å². The van der Waals surface area contributed by atoms with Crippen molar-refractivity contribution < 1.29 is 19.4 Å². The molecular formula is C16H28N2O4. The van der Waals surface area contributed by atoms with Gasteiger partial charge in [0.1, 0.15) is 5.60 Å². The molecule has 2 atom stereocenters. The van der Waals surface area contributed by atoms with E-state index < -0.39 is 11.7 Å². The minimum atomic E-state index is -0.849. The standard InChI is InChI=1S/C16H28N2O4/c1-11-9-12(17-13(19)22-15(2,3)4)16(10-11)5-7-18(8-6-16)14(20)21/h11-12H,5-10H2,1-4H3,(H,17,19)(H,20,21). The van der Waals surface area contributed by atoms with Crippen molar-refractivity contribution in [1.82, 2.24) is 10.2 Å². The van der Waals surface area contributed by atoms with E-state index in [0.717, 1.165) is 25.7 Å². The summed E-state index contributed by atoms with van der Waals surface area (Å²) >= 11 is 0. The molecule has 2 aliphatic rings. The predicted octanol–water partition coefficient (Wildman–Crippen LogP) is 3.07. The monoisotopic (exact) mass is 312 g/mol. The Hall–Kier alpha value is -1.46. The molecule has 6 nitrogen and oxygen atoms in total. The minimum Gasteiger partial charge on any atom is -0.465 e. The number of alkyl carbamates (subject to hydrolysis) is 1. The third-order valence-electron chi connectivity index (χ3n) is 4.85. The molecule has 2 rings (SSSR count). The first-order chi connectivity index (χ1) is 10.1. The van der Waals surface area contributed by atoms with Crippen LogP contribution in [0.3, 0.4) is 0 Å². The molecule has 126 valence electrons. The van der Waals surface area contributed by atoms with E-state index in [1.807, 2.05) is 20.8 Å². The molecule has 1 aliphatic carbocycles. The van der Waals surface area contributed by atoms with Crippen molar-refractivity contribution in [1.29, 1.82) is 0 Å². The highest BCUT2D eigenvalue weighted by atomic mass is 16.6. The number of ether oxygens (including phenoxy) is 1. The number of carbonyl (C=O) groups is 2. The molecule has 0 bridgehead atoms. The number of nitrogens with zero attached hydrogens (tertiary/aromatic N) is 1. The second kappa shape index (κ2) is 5.97. The molecule has 1 spiro atoms. The normalized spacial score (nSPS) is 27.7. The van der Waals surface area contributed by atoms with Crippen molar-refractivity contribution in [2.45, 2.75) is 65.0 Å². The largest absolute Gasteiger partial charge is 0.465 e. The lowest BCUT2D eigenvalue weighted by Crippen LogP contribution is -2.51. The molecule has 0 aromatic rings. The lowest BCUT2D eigenvalue weighted by molar-refractivity contribution is 0.0375. The van der Waals surface area contributed by atoms with Gasteiger partial charge in [-0.25, -0.2) is 9.59 Å². The summed E-state index contributed by atoms with van der Waals surface area (Å²) in [6.45, 7) is 8.85. The van der Waals surface area contributed by atoms with Crippen LogP contribution in [0.4, 0.5) is 9.59 Å². The molecule has 6 heteroatoms. The Morgan fingerprint density at radius 1 is 1.27 bits per heavy atom. The molecule has 2 N–H and O–H groups in total. The maximum absolute atomic E-state index is 12.1. The van der Waals surface area contributed by atoms with Gasteiger partial charge in [0.25, 0.3) is 0 Å². The van der Waals surface area contributed by atoms with Crippen molar-refractivity contribution in [2.24, 2.45) is 11.3 Å². The fourth-order valence-electron chi connectivity index (χ4n) is 3.93. The first-order valence-corrected chi connectivity index (χ1v) is 8.09. The molecule has 0 aromatic carbocycles. The van der Waals surface area contributed by atoms with Crippen LogP contribution in [0, 0.1) is 11.3 Å². The summed E-state index contributed by atoms with van der Waals surface area (Å²) in [5.41, 5.74) is -0.490. The highest BCUT2D eigenvalue weighted by Crippen LogP contribution is 2.49. The molecule has 1 saturated heterocycles. The van der Waals surface area contributed by atoms with E-state index >= 15 is 0 Å². The predicted molar refractivity (Wildman–Crippen MR) is 82.8 cm³/mol. The number of hydrogen-bond acceptors (Lipinski definition) is 3. The zero-order valence-corrected chi connectivity index (χ0v) is 14.0. The molecular weight excluding hydrogens is 284 g/mol. The zero-order chi connectivity index (χ0) is 16.5. The van der Waals surface area contributed by atoms with E-state index in [-0.39, 0.29) is 17.6 Å². The summed E-state index contributed by atoms with van der Waals surface area (Å²) in [5, 5.41) is 12.1. The summed E-state index contributed by atoms with van der Waals surface area (Å²) in [4.78, 5) is 24.6. The van der Waals surface area contributed by atoms with E-state index in [1.54, 1.807) is 0 Å². The van der Waals surface area contributed by atoms with Crippen molar-refractivity contribution in [3.63, 3.8) is 0 Å². The highest BCUT2D eigenvalue weighted by molar-refractivity contribution is 5.68. The van der Waals surface area contributed by atoms with Gasteiger partial charge < -0.3 is 20.1 Å². The first kappa shape index (κ1) is 16.9. The smallest absolute Gasteiger partial charge is 0.407 e. The summed E-state index contributed by atoms with van der Waals surface area (Å²) < 4.78 is 5.37. The molecule has 2 unspecified atom stereocenters. The number of nitrogens with one attached hydrogen (secondary N) is 1. The Bertz CT molecular complexity index is 436. The molecule has 0 aromatic heterocycles. The van der Waals surface area contributed by atoms with Crippen LogP contribution in [0.1, 0.15) is 53.4 Å². The number of piperidine rings is 1. The minimum absolute atomic E-state index is 0.0161. The third kappa shape index (κ3) is 3.84. The summed E-state index contributed by atoms with van der Waals surface area (Å²) in [7, 11) is 0. The third-order valence-corrected chi connectivity index (χ3v) is 4.85. The van der Waals surface area contributed by atoms with Gasteiger partial charge in [-0.15, -0.1) is 0 Å². The van der Waals surface area contributed by atoms with E-state index in [2.05, 4.69) is 12.2 Å². The van der Waals surface area contributed by atoms with Gasteiger partial charge in [0, 0.05) is 19.1 Å². The molecule has 1 heterocycles. The van der Waals surface area contributed by atoms with Gasteiger partial charge in [-0.05, 0) is 57.8 Å². The van der Waals surface area contributed by atoms with Crippen molar-refractivity contribution in [3.8, 4) is 0 Å². The molecule has 2 amide bonds. The van der Waals surface area contributed by atoms with Gasteiger partial charge in [-0.3, -0.25) is 0 Å². The van der Waals surface area contributed by atoms with Crippen LogP contribution in [0.2, 0.25) is 0 Å². The summed E-state index contributed by atoms with van der Waals surface area (Å²) in [6, 6.07) is 0.0771. The van der Waals surface area contributed by atoms with Gasteiger partial charge in [-0.1, -0.05) is 6.92 Å². The van der Waals surface area contributed by atoms with Crippen molar-refractivity contribution in [3.05, 3.63) is 0 Å². The van der Waals surface area contributed by atoms with Crippen molar-refractivity contribution in [2.75, 3.05) is 13.1 Å². The fourth-order valence-corrected chi connectivity index (χ4v) is 3.93. The molecule has 2 fully saturated rings. The maximum atomic E-state index is 12.1. The number of rotatable bonds is 1. The quantitative estimate of drug-likeness (QED) is 0.780. The molecule has 22 heavy (non-hydrogen) atoms. The van der Waals surface area contributed by atoms with Crippen LogP contribution in [-0.4, -0.2) is 46.9 Å². The van der Waals surface area contributed by atoms with Crippen LogP contribution >= 0.6 is 0 Å². The zero-order valence-electron chi connectivity index (χ0n) is 14.0. The number of likely N-dealkylation sites (tertiary alicyclic amines) is 1. The maximum Gasteiger partial charge on any atom is 0.407 e. The Kier molecular flexibility index (Phi) is 4.59. The number of amides is 2. The first-order valence-electron chi connectivity index (χ1n) is 8.09. The topological polar surface area (TPSA) is 78.9 Å². The Labute approximate surface area is 132 Å². The number of carbonyl (C=O) groups excluding carboxylic acids is 1. The Morgan fingerprint density at radius 3 is 2.36 bits per heavy atom. The second-order valence-corrected chi connectivity index (χ2v) is 7.88. The molecule has 0 radical (unpaired) electrons. The average Bonchev–Trinajstić information content (AvgIpc) is 2.63. The van der Waals surface area contributed by atoms with E-state index in [0.29, 0.717) is 19.0 Å². The van der Waals surface area contributed by atoms with Gasteiger partial charge in [0.15, 0.2) is 0 Å². The summed E-state index contributed by atoms with van der Waals surface area (Å²) in [5.74, 6) is 0.538. The average molecular weight is 312 g/mol. The summed E-state index contributed by atoms with van der Waals surface area (Å²) in [6.07, 6.45) is 2.38. The van der Waals surface area contributed by atoms with Crippen LogP contribution in [-0.2, 0) is 4.74 Å². The fraction of sp³-hybridized carbons (Fsp3) is 0.875. The van der Waals surface area contributed by atoms with E-state index in [1.165, 1.54) is 4.90 Å². The second-order valence-electron chi connectivity index (χ2n) is 7.88. The Morgan fingerprint density at radius 2 is 1.86 bits per heavy atom. The van der Waals surface area contributed by atoms with Gasteiger partial charge >= 0.3 is 12.2 Å². The van der Waals surface area contributed by atoms with Crippen LogP contribution in [0.25, 0.3) is 0 Å². The lowest BCUT2D eigenvalue weighted by atomic mass is 9.73. The lowest BCUT2D eigenvalue weighted by Gasteiger charge is -2.42. The highest BCUT2D eigenvalue weighted by Gasteiger charge is 2.48. The molecule has 1 saturated carbocycles. The van der Waals surface area contributed by atoms with Crippen LogP contribution in [0.15, 0.2) is 0 Å². The SMILES string of the molecule is CC1CC(NC(=O)OC(C)(C)C)C2(CCN(C(=O)O)CC2)C1. The van der Waals surface area contributed by atoms with Crippen molar-refractivity contribution >= 4 is 12.2 Å². The Balaban J connectivity index is 2.01. The van der Waals surface area contributed by atoms with E-state index in [4.69, 9.17) is 9.84 Å². The number of carboxylic acid groups (broad SMARTS) is 1. The van der Waals surface area contributed by atoms with Gasteiger partial charge in [0.2, 0.25) is 0 Å². The number of hydrogen-bond donors (Lipinski definition) is 2. The molecule has 1 aliphatic heterocycles. The van der Waals surface area contributed by atoms with Gasteiger partial charge in [-0.2, -0.15) is 0 Å². The van der Waals surface area contributed by atoms with Crippen LogP contribution < -0.4 is 5.32 Å². The van der Waals surface area contributed by atoms with Crippen LogP contribution in [0.5, 0.6) is 0 Å².